The number of halogens is 1. The normalized spacial score (nSPS) is 11.5. The van der Waals surface area contributed by atoms with E-state index in [1.165, 1.54) is 5.56 Å². The second kappa shape index (κ2) is 5.62. The summed E-state index contributed by atoms with van der Waals surface area (Å²) in [5.41, 5.74) is 1.10. The number of aryl methyl sites for hydroxylation is 1. The van der Waals surface area contributed by atoms with Crippen LogP contribution >= 0.6 is 15.9 Å². The number of Topliss-reactive ketones (excluding diaryl/α,β-unsaturated/α-hetero) is 1. The van der Waals surface area contributed by atoms with E-state index in [1.54, 1.807) is 0 Å². The van der Waals surface area contributed by atoms with E-state index in [-0.39, 0.29) is 5.41 Å². The van der Waals surface area contributed by atoms with Crippen LogP contribution in [0.15, 0.2) is 28.7 Å². The molecule has 0 fully saturated rings. The average Bonchev–Trinajstić information content (AvgIpc) is 2.19. The number of carbonyl (C=O) groups is 1. The highest BCUT2D eigenvalue weighted by Gasteiger charge is 2.19. The minimum Gasteiger partial charge on any atom is -0.299 e. The number of benzene rings is 1. The first-order chi connectivity index (χ1) is 7.39. The summed E-state index contributed by atoms with van der Waals surface area (Å²) >= 11 is 3.41. The molecule has 0 aromatic heterocycles. The molecule has 0 aliphatic heterocycles. The Hall–Kier alpha value is -0.630. The number of ketones is 1. The lowest BCUT2D eigenvalue weighted by molar-refractivity contribution is -0.126. The van der Waals surface area contributed by atoms with Gasteiger partial charge >= 0.3 is 0 Å². The van der Waals surface area contributed by atoms with Crippen LogP contribution in [0.1, 0.15) is 39.2 Å². The minimum atomic E-state index is -0.195. The van der Waals surface area contributed by atoms with Gasteiger partial charge in [-0.25, -0.2) is 0 Å². The maximum atomic E-state index is 11.7. The van der Waals surface area contributed by atoms with Gasteiger partial charge in [0.25, 0.3) is 0 Å². The molecule has 1 aromatic rings. The Morgan fingerprint density at radius 3 is 2.25 bits per heavy atom. The maximum Gasteiger partial charge on any atom is 0.138 e. The van der Waals surface area contributed by atoms with Crippen molar-refractivity contribution in [1.29, 1.82) is 0 Å². The fourth-order valence-corrected chi connectivity index (χ4v) is 1.74. The quantitative estimate of drug-likeness (QED) is 0.801. The van der Waals surface area contributed by atoms with Gasteiger partial charge in [-0.1, -0.05) is 48.8 Å². The Balaban J connectivity index is 2.36. The van der Waals surface area contributed by atoms with E-state index in [0.29, 0.717) is 12.2 Å². The molecule has 1 rings (SSSR count). The van der Waals surface area contributed by atoms with Crippen LogP contribution < -0.4 is 0 Å². The highest BCUT2D eigenvalue weighted by molar-refractivity contribution is 9.10. The highest BCUT2D eigenvalue weighted by atomic mass is 79.9. The second-order valence-electron chi connectivity index (χ2n) is 5.15. The summed E-state index contributed by atoms with van der Waals surface area (Å²) in [6.45, 7) is 5.94. The van der Waals surface area contributed by atoms with Gasteiger partial charge < -0.3 is 0 Å². The molecule has 88 valence electrons. The van der Waals surface area contributed by atoms with Crippen LogP contribution in [0, 0.1) is 5.41 Å². The van der Waals surface area contributed by atoms with Gasteiger partial charge in [0.15, 0.2) is 0 Å². The standard InChI is InChI=1S/C14H19BrO/c1-14(2,3)13(16)6-4-5-11-7-9-12(15)10-8-11/h7-10H,4-6H2,1-3H3. The summed E-state index contributed by atoms with van der Waals surface area (Å²) in [5, 5.41) is 0. The van der Waals surface area contributed by atoms with Crippen molar-refractivity contribution in [3.05, 3.63) is 34.3 Å². The summed E-state index contributed by atoms with van der Waals surface area (Å²) in [4.78, 5) is 11.7. The molecule has 2 heteroatoms. The monoisotopic (exact) mass is 282 g/mol. The molecule has 0 heterocycles. The Morgan fingerprint density at radius 2 is 1.75 bits per heavy atom. The van der Waals surface area contributed by atoms with E-state index in [0.717, 1.165) is 17.3 Å². The molecule has 0 saturated carbocycles. The smallest absolute Gasteiger partial charge is 0.138 e. The van der Waals surface area contributed by atoms with Crippen LogP contribution in [0.25, 0.3) is 0 Å². The lowest BCUT2D eigenvalue weighted by Crippen LogP contribution is -2.19. The molecular weight excluding hydrogens is 264 g/mol. The fourth-order valence-electron chi connectivity index (χ4n) is 1.48. The number of hydrogen-bond donors (Lipinski definition) is 0. The number of hydrogen-bond acceptors (Lipinski definition) is 1. The van der Waals surface area contributed by atoms with E-state index >= 15 is 0 Å². The summed E-state index contributed by atoms with van der Waals surface area (Å²) in [7, 11) is 0. The largest absolute Gasteiger partial charge is 0.299 e. The lowest BCUT2D eigenvalue weighted by atomic mass is 9.87. The van der Waals surface area contributed by atoms with Gasteiger partial charge in [0.1, 0.15) is 5.78 Å². The van der Waals surface area contributed by atoms with Crippen LogP contribution in [-0.4, -0.2) is 5.78 Å². The Bertz CT molecular complexity index is 346. The molecule has 0 amide bonds. The lowest BCUT2D eigenvalue weighted by Gasteiger charge is -2.16. The third kappa shape index (κ3) is 4.48. The van der Waals surface area contributed by atoms with Gasteiger partial charge in [-0.15, -0.1) is 0 Å². The molecule has 0 spiro atoms. The average molecular weight is 283 g/mol. The van der Waals surface area contributed by atoms with E-state index in [2.05, 4.69) is 28.1 Å². The zero-order valence-corrected chi connectivity index (χ0v) is 11.8. The van der Waals surface area contributed by atoms with Gasteiger partial charge in [-0.05, 0) is 30.5 Å². The van der Waals surface area contributed by atoms with Crippen molar-refractivity contribution in [2.45, 2.75) is 40.0 Å². The van der Waals surface area contributed by atoms with Crippen molar-refractivity contribution in [2.75, 3.05) is 0 Å². The van der Waals surface area contributed by atoms with Crippen molar-refractivity contribution in [1.82, 2.24) is 0 Å². The van der Waals surface area contributed by atoms with Gasteiger partial charge in [-0.3, -0.25) is 4.79 Å². The van der Waals surface area contributed by atoms with Gasteiger partial charge in [0, 0.05) is 16.3 Å². The van der Waals surface area contributed by atoms with E-state index < -0.39 is 0 Å². The molecule has 1 aromatic carbocycles. The Labute approximate surface area is 106 Å². The van der Waals surface area contributed by atoms with Crippen LogP contribution in [0.4, 0.5) is 0 Å². The highest BCUT2D eigenvalue weighted by Crippen LogP contribution is 2.19. The molecule has 0 atom stereocenters. The first-order valence-corrected chi connectivity index (χ1v) is 6.46. The summed E-state index contributed by atoms with van der Waals surface area (Å²) in [6.07, 6.45) is 2.60. The van der Waals surface area contributed by atoms with E-state index in [4.69, 9.17) is 0 Å². The summed E-state index contributed by atoms with van der Waals surface area (Å²) < 4.78 is 1.10. The van der Waals surface area contributed by atoms with Gasteiger partial charge in [0.05, 0.1) is 0 Å². The molecular formula is C14H19BrO. The summed E-state index contributed by atoms with van der Waals surface area (Å²) in [5.74, 6) is 0.351. The third-order valence-electron chi connectivity index (χ3n) is 2.62. The zero-order valence-electron chi connectivity index (χ0n) is 10.2. The molecule has 0 bridgehead atoms. The second-order valence-corrected chi connectivity index (χ2v) is 6.07. The van der Waals surface area contributed by atoms with Crippen molar-refractivity contribution in [3.63, 3.8) is 0 Å². The predicted molar refractivity (Wildman–Crippen MR) is 71.5 cm³/mol. The molecule has 0 saturated heterocycles. The molecule has 1 nitrogen and oxygen atoms in total. The van der Waals surface area contributed by atoms with Gasteiger partial charge in [0.2, 0.25) is 0 Å². The third-order valence-corrected chi connectivity index (χ3v) is 3.15. The number of carbonyl (C=O) groups excluding carboxylic acids is 1. The molecule has 0 radical (unpaired) electrons. The first-order valence-electron chi connectivity index (χ1n) is 5.67. The van der Waals surface area contributed by atoms with Crippen LogP contribution in [0.5, 0.6) is 0 Å². The Morgan fingerprint density at radius 1 is 1.19 bits per heavy atom. The topological polar surface area (TPSA) is 17.1 Å². The molecule has 16 heavy (non-hydrogen) atoms. The Kier molecular flexibility index (Phi) is 4.72. The van der Waals surface area contributed by atoms with Crippen LogP contribution in [0.3, 0.4) is 0 Å². The molecule has 0 aliphatic rings. The number of rotatable bonds is 4. The van der Waals surface area contributed by atoms with Crippen molar-refractivity contribution >= 4 is 21.7 Å². The SMILES string of the molecule is CC(C)(C)C(=O)CCCc1ccc(Br)cc1. The zero-order chi connectivity index (χ0) is 12.2. The van der Waals surface area contributed by atoms with Crippen LogP contribution in [0.2, 0.25) is 0 Å². The molecule has 0 unspecified atom stereocenters. The first kappa shape index (κ1) is 13.4. The maximum absolute atomic E-state index is 11.7. The van der Waals surface area contributed by atoms with Gasteiger partial charge in [-0.2, -0.15) is 0 Å². The van der Waals surface area contributed by atoms with E-state index in [9.17, 15) is 4.79 Å². The van der Waals surface area contributed by atoms with Crippen molar-refractivity contribution in [3.8, 4) is 0 Å². The minimum absolute atomic E-state index is 0.195. The summed E-state index contributed by atoms with van der Waals surface area (Å²) in [6, 6.07) is 8.29. The van der Waals surface area contributed by atoms with Crippen molar-refractivity contribution in [2.24, 2.45) is 5.41 Å². The molecule has 0 aliphatic carbocycles. The van der Waals surface area contributed by atoms with Crippen LogP contribution in [-0.2, 0) is 11.2 Å². The molecule has 0 N–H and O–H groups in total. The van der Waals surface area contributed by atoms with E-state index in [1.807, 2.05) is 32.9 Å². The van der Waals surface area contributed by atoms with Crippen molar-refractivity contribution < 1.29 is 4.79 Å². The predicted octanol–water partition coefficient (Wildman–Crippen LogP) is 4.39. The fraction of sp³-hybridized carbons (Fsp3) is 0.500.